The highest BCUT2D eigenvalue weighted by molar-refractivity contribution is 5.33. The second kappa shape index (κ2) is 6.07. The minimum absolute atomic E-state index is 0.379. The minimum Gasteiger partial charge on any atom is -0.497 e. The van der Waals surface area contributed by atoms with Gasteiger partial charge in [-0.1, -0.05) is 42.5 Å². The topological polar surface area (TPSA) is 55.5 Å². The van der Waals surface area contributed by atoms with E-state index in [1.807, 2.05) is 61.5 Å². The van der Waals surface area contributed by atoms with Gasteiger partial charge in [-0.2, -0.15) is 0 Å². The normalized spacial score (nSPS) is 15.4. The van der Waals surface area contributed by atoms with Gasteiger partial charge in [0.2, 0.25) is 0 Å². The number of hydrogen-bond donors (Lipinski definition) is 2. The predicted octanol–water partition coefficient (Wildman–Crippen LogP) is 2.47. The molecule has 0 bridgehead atoms. The lowest BCUT2D eigenvalue weighted by Gasteiger charge is -2.33. The SMILES string of the molecule is COc1cccc(C[C@](O)(c2ccccc2)[C@@H](C)N)c1. The van der Waals surface area contributed by atoms with Crippen LogP contribution in [-0.2, 0) is 12.0 Å². The fourth-order valence-corrected chi connectivity index (χ4v) is 2.35. The summed E-state index contributed by atoms with van der Waals surface area (Å²) in [5.41, 5.74) is 6.78. The summed E-state index contributed by atoms with van der Waals surface area (Å²) in [6.07, 6.45) is 0.450. The molecule has 0 aliphatic heterocycles. The molecule has 0 aromatic heterocycles. The Morgan fingerprint density at radius 3 is 2.45 bits per heavy atom. The third-order valence-electron chi connectivity index (χ3n) is 3.63. The van der Waals surface area contributed by atoms with Crippen LogP contribution < -0.4 is 10.5 Å². The van der Waals surface area contributed by atoms with Gasteiger partial charge in [0, 0.05) is 12.5 Å². The largest absolute Gasteiger partial charge is 0.497 e. The molecule has 0 saturated heterocycles. The molecular formula is C17H21NO2. The van der Waals surface area contributed by atoms with Gasteiger partial charge in [0.25, 0.3) is 0 Å². The van der Waals surface area contributed by atoms with Crippen LogP contribution in [0.3, 0.4) is 0 Å². The van der Waals surface area contributed by atoms with Crippen molar-refractivity contribution < 1.29 is 9.84 Å². The number of ether oxygens (including phenoxy) is 1. The highest BCUT2D eigenvalue weighted by atomic mass is 16.5. The smallest absolute Gasteiger partial charge is 0.119 e. The van der Waals surface area contributed by atoms with Crippen molar-refractivity contribution in [1.29, 1.82) is 0 Å². The van der Waals surface area contributed by atoms with Gasteiger partial charge in [-0.3, -0.25) is 0 Å². The molecule has 0 saturated carbocycles. The van der Waals surface area contributed by atoms with Crippen LogP contribution in [0.5, 0.6) is 5.75 Å². The molecule has 0 unspecified atom stereocenters. The Morgan fingerprint density at radius 1 is 1.15 bits per heavy atom. The zero-order valence-electron chi connectivity index (χ0n) is 11.9. The van der Waals surface area contributed by atoms with Gasteiger partial charge in [-0.15, -0.1) is 0 Å². The molecule has 0 spiro atoms. The molecule has 20 heavy (non-hydrogen) atoms. The van der Waals surface area contributed by atoms with E-state index >= 15 is 0 Å². The van der Waals surface area contributed by atoms with Gasteiger partial charge in [0.15, 0.2) is 0 Å². The maximum absolute atomic E-state index is 11.0. The fraction of sp³-hybridized carbons (Fsp3) is 0.294. The van der Waals surface area contributed by atoms with E-state index < -0.39 is 5.60 Å². The Hall–Kier alpha value is -1.84. The fourth-order valence-electron chi connectivity index (χ4n) is 2.35. The van der Waals surface area contributed by atoms with Gasteiger partial charge >= 0.3 is 0 Å². The molecule has 0 amide bonds. The Kier molecular flexibility index (Phi) is 4.42. The second-order valence-electron chi connectivity index (χ2n) is 5.11. The lowest BCUT2D eigenvalue weighted by Crippen LogP contribution is -2.45. The van der Waals surface area contributed by atoms with Crippen molar-refractivity contribution in [1.82, 2.24) is 0 Å². The van der Waals surface area contributed by atoms with Crippen molar-refractivity contribution in [2.75, 3.05) is 7.11 Å². The molecule has 3 heteroatoms. The first kappa shape index (κ1) is 14.6. The van der Waals surface area contributed by atoms with Crippen LogP contribution in [-0.4, -0.2) is 18.3 Å². The molecule has 106 valence electrons. The molecule has 3 N–H and O–H groups in total. The van der Waals surface area contributed by atoms with Crippen molar-refractivity contribution in [3.8, 4) is 5.75 Å². The highest BCUT2D eigenvalue weighted by Crippen LogP contribution is 2.29. The third-order valence-corrected chi connectivity index (χ3v) is 3.63. The molecule has 0 heterocycles. The summed E-state index contributed by atoms with van der Waals surface area (Å²) >= 11 is 0. The van der Waals surface area contributed by atoms with E-state index in [2.05, 4.69) is 0 Å². The standard InChI is InChI=1S/C17H21NO2/c1-13(18)17(19,15-8-4-3-5-9-15)12-14-7-6-10-16(11-14)20-2/h3-11,13,19H,12,18H2,1-2H3/t13-,17-/m1/s1. The van der Waals surface area contributed by atoms with Crippen molar-refractivity contribution in [3.05, 3.63) is 65.7 Å². The molecule has 0 aliphatic rings. The minimum atomic E-state index is -1.09. The average molecular weight is 271 g/mol. The summed E-state index contributed by atoms with van der Waals surface area (Å²) in [5, 5.41) is 11.0. The first-order valence-electron chi connectivity index (χ1n) is 6.72. The maximum Gasteiger partial charge on any atom is 0.119 e. The van der Waals surface area contributed by atoms with Crippen molar-refractivity contribution in [3.63, 3.8) is 0 Å². The summed E-state index contributed by atoms with van der Waals surface area (Å²) in [4.78, 5) is 0. The summed E-state index contributed by atoms with van der Waals surface area (Å²) in [6, 6.07) is 16.9. The predicted molar refractivity (Wildman–Crippen MR) is 80.7 cm³/mol. The quantitative estimate of drug-likeness (QED) is 0.878. The Morgan fingerprint density at radius 2 is 1.85 bits per heavy atom. The number of nitrogens with two attached hydrogens (primary N) is 1. The zero-order valence-corrected chi connectivity index (χ0v) is 11.9. The number of benzene rings is 2. The number of aliphatic hydroxyl groups is 1. The molecule has 0 aliphatic carbocycles. The van der Waals surface area contributed by atoms with Gasteiger partial charge in [-0.05, 0) is 30.2 Å². The molecule has 0 fully saturated rings. The van der Waals surface area contributed by atoms with E-state index in [4.69, 9.17) is 10.5 Å². The van der Waals surface area contributed by atoms with Crippen LogP contribution in [0.2, 0.25) is 0 Å². The molecule has 2 aromatic carbocycles. The molecule has 2 atom stereocenters. The van der Waals surface area contributed by atoms with Crippen LogP contribution in [0.25, 0.3) is 0 Å². The van der Waals surface area contributed by atoms with Gasteiger partial charge in [-0.25, -0.2) is 0 Å². The van der Waals surface area contributed by atoms with Crippen molar-refractivity contribution >= 4 is 0 Å². The summed E-state index contributed by atoms with van der Waals surface area (Å²) in [6.45, 7) is 1.83. The van der Waals surface area contributed by atoms with Crippen LogP contribution in [0.1, 0.15) is 18.1 Å². The van der Waals surface area contributed by atoms with E-state index in [1.165, 1.54) is 0 Å². The number of methoxy groups -OCH3 is 1. The van der Waals surface area contributed by atoms with E-state index in [9.17, 15) is 5.11 Å². The van der Waals surface area contributed by atoms with Crippen LogP contribution in [0.15, 0.2) is 54.6 Å². The molecule has 3 nitrogen and oxygen atoms in total. The lowest BCUT2D eigenvalue weighted by molar-refractivity contribution is 0.0152. The lowest BCUT2D eigenvalue weighted by atomic mass is 9.82. The zero-order chi connectivity index (χ0) is 14.6. The Bertz CT molecular complexity index is 554. The Balaban J connectivity index is 2.34. The van der Waals surface area contributed by atoms with E-state index in [1.54, 1.807) is 7.11 Å². The third kappa shape index (κ3) is 3.00. The van der Waals surface area contributed by atoms with Gasteiger partial charge in [0.1, 0.15) is 11.4 Å². The van der Waals surface area contributed by atoms with E-state index in [-0.39, 0.29) is 6.04 Å². The second-order valence-corrected chi connectivity index (χ2v) is 5.11. The summed E-state index contributed by atoms with van der Waals surface area (Å²) in [7, 11) is 1.63. The average Bonchev–Trinajstić information content (AvgIpc) is 2.48. The van der Waals surface area contributed by atoms with Crippen LogP contribution >= 0.6 is 0 Å². The van der Waals surface area contributed by atoms with Gasteiger partial charge in [0.05, 0.1) is 7.11 Å². The molecule has 0 radical (unpaired) electrons. The maximum atomic E-state index is 11.0. The molecule has 2 rings (SSSR count). The number of rotatable bonds is 5. The van der Waals surface area contributed by atoms with Gasteiger partial charge < -0.3 is 15.6 Å². The first-order chi connectivity index (χ1) is 9.56. The highest BCUT2D eigenvalue weighted by Gasteiger charge is 2.33. The number of hydrogen-bond acceptors (Lipinski definition) is 3. The molecular weight excluding hydrogens is 250 g/mol. The van der Waals surface area contributed by atoms with E-state index in [0.717, 1.165) is 16.9 Å². The monoisotopic (exact) mass is 271 g/mol. The van der Waals surface area contributed by atoms with E-state index in [0.29, 0.717) is 6.42 Å². The summed E-state index contributed by atoms with van der Waals surface area (Å²) < 4.78 is 5.22. The first-order valence-corrected chi connectivity index (χ1v) is 6.72. The van der Waals surface area contributed by atoms with Crippen molar-refractivity contribution in [2.24, 2.45) is 5.73 Å². The van der Waals surface area contributed by atoms with Crippen LogP contribution in [0, 0.1) is 0 Å². The van der Waals surface area contributed by atoms with Crippen LogP contribution in [0.4, 0.5) is 0 Å². The Labute approximate surface area is 120 Å². The summed E-state index contributed by atoms with van der Waals surface area (Å²) in [5.74, 6) is 0.780. The van der Waals surface area contributed by atoms with Crippen molar-refractivity contribution in [2.45, 2.75) is 25.0 Å². The molecule has 2 aromatic rings.